The molecule has 0 N–H and O–H groups in total. The zero-order valence-electron chi connectivity index (χ0n) is 11.3. The molecule has 0 bridgehead atoms. The molecule has 0 saturated carbocycles. The van der Waals surface area contributed by atoms with Crippen molar-refractivity contribution in [3.63, 3.8) is 0 Å². The highest BCUT2D eigenvalue weighted by molar-refractivity contribution is 5.94. The first kappa shape index (κ1) is 15.0. The second-order valence-corrected chi connectivity index (χ2v) is 3.81. The normalized spacial score (nSPS) is 9.79. The van der Waals surface area contributed by atoms with Crippen molar-refractivity contribution in [2.45, 2.75) is 20.3 Å². The molecule has 0 spiro atoms. The highest BCUT2D eigenvalue weighted by Gasteiger charge is 2.15. The van der Waals surface area contributed by atoms with Crippen molar-refractivity contribution in [1.82, 2.24) is 0 Å². The van der Waals surface area contributed by atoms with E-state index in [1.807, 2.05) is 0 Å². The van der Waals surface area contributed by atoms with Crippen molar-refractivity contribution < 1.29 is 19.1 Å². The third kappa shape index (κ3) is 3.95. The fourth-order valence-corrected chi connectivity index (χ4v) is 1.67. The SMILES string of the molecule is C=CCc1cc(C(=O)OCC)ccc1C(=O)OCC. The van der Waals surface area contributed by atoms with Crippen molar-refractivity contribution in [2.24, 2.45) is 0 Å². The lowest BCUT2D eigenvalue weighted by Gasteiger charge is -2.09. The molecule has 19 heavy (non-hydrogen) atoms. The van der Waals surface area contributed by atoms with E-state index in [0.29, 0.717) is 36.3 Å². The third-order valence-electron chi connectivity index (χ3n) is 2.48. The van der Waals surface area contributed by atoms with Gasteiger partial charge in [-0.3, -0.25) is 0 Å². The summed E-state index contributed by atoms with van der Waals surface area (Å²) < 4.78 is 9.90. The van der Waals surface area contributed by atoms with Crippen LogP contribution in [0.2, 0.25) is 0 Å². The molecule has 4 nitrogen and oxygen atoms in total. The molecule has 1 rings (SSSR count). The zero-order chi connectivity index (χ0) is 14.3. The van der Waals surface area contributed by atoms with Crippen molar-refractivity contribution in [3.05, 3.63) is 47.5 Å². The Morgan fingerprint density at radius 2 is 1.79 bits per heavy atom. The zero-order valence-corrected chi connectivity index (χ0v) is 11.3. The molecule has 0 fully saturated rings. The van der Waals surface area contributed by atoms with Crippen molar-refractivity contribution in [1.29, 1.82) is 0 Å². The highest BCUT2D eigenvalue weighted by atomic mass is 16.5. The summed E-state index contributed by atoms with van der Waals surface area (Å²) in [6.07, 6.45) is 2.16. The minimum absolute atomic E-state index is 0.311. The van der Waals surface area contributed by atoms with Gasteiger partial charge >= 0.3 is 11.9 Å². The summed E-state index contributed by atoms with van der Waals surface area (Å²) >= 11 is 0. The van der Waals surface area contributed by atoms with Crippen molar-refractivity contribution in [3.8, 4) is 0 Å². The largest absolute Gasteiger partial charge is 0.462 e. The van der Waals surface area contributed by atoms with E-state index < -0.39 is 11.9 Å². The lowest BCUT2D eigenvalue weighted by molar-refractivity contribution is 0.0510. The summed E-state index contributed by atoms with van der Waals surface area (Å²) in [4.78, 5) is 23.4. The van der Waals surface area contributed by atoms with Crippen LogP contribution in [0.5, 0.6) is 0 Å². The second kappa shape index (κ2) is 7.36. The first-order valence-electron chi connectivity index (χ1n) is 6.22. The smallest absolute Gasteiger partial charge is 0.338 e. The maximum absolute atomic E-state index is 11.8. The molecule has 4 heteroatoms. The summed E-state index contributed by atoms with van der Waals surface area (Å²) in [7, 11) is 0. The molecule has 0 saturated heterocycles. The second-order valence-electron chi connectivity index (χ2n) is 3.81. The molecule has 1 aromatic carbocycles. The number of hydrogen-bond donors (Lipinski definition) is 0. The van der Waals surface area contributed by atoms with Gasteiger partial charge in [-0.2, -0.15) is 0 Å². The number of hydrogen-bond acceptors (Lipinski definition) is 4. The van der Waals surface area contributed by atoms with E-state index in [1.54, 1.807) is 38.1 Å². The van der Waals surface area contributed by atoms with Crippen LogP contribution in [0.25, 0.3) is 0 Å². The van der Waals surface area contributed by atoms with Crippen LogP contribution < -0.4 is 0 Å². The number of allylic oxidation sites excluding steroid dienone is 1. The van der Waals surface area contributed by atoms with Gasteiger partial charge in [-0.15, -0.1) is 6.58 Å². The molecule has 0 unspecified atom stereocenters. The standard InChI is InChI=1S/C15H18O4/c1-4-7-11-10-12(14(16)18-5-2)8-9-13(11)15(17)19-6-3/h4,8-10H,1,5-7H2,2-3H3. The minimum Gasteiger partial charge on any atom is -0.462 e. The van der Waals surface area contributed by atoms with E-state index >= 15 is 0 Å². The Kier molecular flexibility index (Phi) is 5.79. The number of ether oxygens (including phenoxy) is 2. The molecule has 0 aliphatic heterocycles. The summed E-state index contributed by atoms with van der Waals surface area (Å²) in [6.45, 7) is 7.76. The molecule has 0 heterocycles. The first-order chi connectivity index (χ1) is 9.13. The molecular formula is C15H18O4. The number of benzene rings is 1. The summed E-state index contributed by atoms with van der Waals surface area (Å²) in [6, 6.07) is 4.80. The van der Waals surface area contributed by atoms with Crippen LogP contribution >= 0.6 is 0 Å². The average Bonchev–Trinajstić information content (AvgIpc) is 2.39. The molecule has 0 aliphatic carbocycles. The Morgan fingerprint density at radius 1 is 1.16 bits per heavy atom. The van der Waals surface area contributed by atoms with Crippen LogP contribution in [0.3, 0.4) is 0 Å². The van der Waals surface area contributed by atoms with Crippen LogP contribution in [0.4, 0.5) is 0 Å². The van der Waals surface area contributed by atoms with Gasteiger partial charge < -0.3 is 9.47 Å². The van der Waals surface area contributed by atoms with Gasteiger partial charge in [-0.25, -0.2) is 9.59 Å². The van der Waals surface area contributed by atoms with E-state index in [4.69, 9.17) is 9.47 Å². The Hall–Kier alpha value is -2.10. The van der Waals surface area contributed by atoms with E-state index in [1.165, 1.54) is 0 Å². The molecule has 1 aromatic rings. The van der Waals surface area contributed by atoms with Gasteiger partial charge in [0.05, 0.1) is 24.3 Å². The lowest BCUT2D eigenvalue weighted by Crippen LogP contribution is -2.11. The Morgan fingerprint density at radius 3 is 2.37 bits per heavy atom. The van der Waals surface area contributed by atoms with Crippen LogP contribution in [-0.4, -0.2) is 25.2 Å². The van der Waals surface area contributed by atoms with E-state index in [2.05, 4.69) is 6.58 Å². The number of carbonyl (C=O) groups excluding carboxylic acids is 2. The Bertz CT molecular complexity index is 477. The van der Waals surface area contributed by atoms with Gasteiger partial charge in [0.2, 0.25) is 0 Å². The van der Waals surface area contributed by atoms with Gasteiger partial charge in [-0.05, 0) is 44.0 Å². The minimum atomic E-state index is -0.400. The molecule has 0 amide bonds. The number of carbonyl (C=O) groups is 2. The number of esters is 2. The average molecular weight is 262 g/mol. The lowest BCUT2D eigenvalue weighted by atomic mass is 10.0. The summed E-state index contributed by atoms with van der Waals surface area (Å²) in [5.74, 6) is -0.794. The quantitative estimate of drug-likeness (QED) is 0.584. The predicted molar refractivity (Wildman–Crippen MR) is 72.3 cm³/mol. The molecular weight excluding hydrogens is 244 g/mol. The van der Waals surface area contributed by atoms with Crippen molar-refractivity contribution in [2.75, 3.05) is 13.2 Å². The predicted octanol–water partition coefficient (Wildman–Crippen LogP) is 2.77. The van der Waals surface area contributed by atoms with E-state index in [-0.39, 0.29) is 0 Å². The first-order valence-corrected chi connectivity index (χ1v) is 6.22. The maximum Gasteiger partial charge on any atom is 0.338 e. The number of rotatable bonds is 6. The fraction of sp³-hybridized carbons (Fsp3) is 0.333. The van der Waals surface area contributed by atoms with E-state index in [0.717, 1.165) is 0 Å². The van der Waals surface area contributed by atoms with E-state index in [9.17, 15) is 9.59 Å². The molecule has 0 aliphatic rings. The highest BCUT2D eigenvalue weighted by Crippen LogP contribution is 2.16. The van der Waals surface area contributed by atoms with Gasteiger partial charge in [0.1, 0.15) is 0 Å². The van der Waals surface area contributed by atoms with Gasteiger partial charge in [0.25, 0.3) is 0 Å². The van der Waals surface area contributed by atoms with Crippen LogP contribution in [-0.2, 0) is 15.9 Å². The van der Waals surface area contributed by atoms with Gasteiger partial charge in [-0.1, -0.05) is 6.08 Å². The Balaban J connectivity index is 3.10. The summed E-state index contributed by atoms with van der Waals surface area (Å²) in [5, 5.41) is 0. The molecule has 0 radical (unpaired) electrons. The Labute approximate surface area is 113 Å². The molecule has 102 valence electrons. The molecule has 0 atom stereocenters. The third-order valence-corrected chi connectivity index (χ3v) is 2.48. The van der Waals surface area contributed by atoms with Crippen LogP contribution in [0.1, 0.15) is 40.1 Å². The fourth-order valence-electron chi connectivity index (χ4n) is 1.67. The van der Waals surface area contributed by atoms with Crippen LogP contribution in [0.15, 0.2) is 30.9 Å². The summed E-state index contributed by atoms with van der Waals surface area (Å²) in [5.41, 5.74) is 1.58. The maximum atomic E-state index is 11.8. The topological polar surface area (TPSA) is 52.6 Å². The molecule has 0 aromatic heterocycles. The van der Waals surface area contributed by atoms with Gasteiger partial charge in [0.15, 0.2) is 0 Å². The van der Waals surface area contributed by atoms with Crippen LogP contribution in [0, 0.1) is 0 Å². The van der Waals surface area contributed by atoms with Crippen molar-refractivity contribution >= 4 is 11.9 Å². The monoisotopic (exact) mass is 262 g/mol. The van der Waals surface area contributed by atoms with Gasteiger partial charge in [0, 0.05) is 0 Å².